The molecule has 1 heterocycles. The molecule has 6 heteroatoms. The molecule has 0 unspecified atom stereocenters. The van der Waals surface area contributed by atoms with Gasteiger partial charge >= 0.3 is 0 Å². The number of hydrogen-bond acceptors (Lipinski definition) is 5. The Hall–Kier alpha value is -2.00. The van der Waals surface area contributed by atoms with Crippen molar-refractivity contribution < 1.29 is 14.3 Å². The molecule has 1 fully saturated rings. The Morgan fingerprint density at radius 3 is 2.39 bits per heavy atom. The fourth-order valence-electron chi connectivity index (χ4n) is 1.59. The maximum absolute atomic E-state index is 11.7. The Kier molecular flexibility index (Phi) is 3.85. The quantitative estimate of drug-likeness (QED) is 0.765. The molecule has 0 bridgehead atoms. The predicted octanol–water partition coefficient (Wildman–Crippen LogP) is 1.20. The second-order valence-corrected chi connectivity index (χ2v) is 4.54. The van der Waals surface area contributed by atoms with Crippen LogP contribution in [0.3, 0.4) is 0 Å². The first-order chi connectivity index (χ1) is 8.72. The van der Waals surface area contributed by atoms with Gasteiger partial charge in [-0.05, 0) is 24.3 Å². The van der Waals surface area contributed by atoms with Gasteiger partial charge in [0.1, 0.15) is 11.8 Å². The van der Waals surface area contributed by atoms with Crippen LogP contribution in [0.1, 0.15) is 0 Å². The molecular formula is C12H10N2O3S. The summed E-state index contributed by atoms with van der Waals surface area (Å²) in [5, 5.41) is 8.38. The number of carbonyl (C=O) groups excluding carboxylic acids is 2. The average Bonchev–Trinajstić information content (AvgIpc) is 2.37. The Balaban J connectivity index is 2.15. The number of benzene rings is 1. The molecule has 1 aliphatic heterocycles. The number of amides is 2. The van der Waals surface area contributed by atoms with E-state index in [9.17, 15) is 9.59 Å². The van der Waals surface area contributed by atoms with Gasteiger partial charge in [-0.15, -0.1) is 11.8 Å². The zero-order valence-electron chi connectivity index (χ0n) is 9.46. The monoisotopic (exact) mass is 262 g/mol. The van der Waals surface area contributed by atoms with Gasteiger partial charge in [0.25, 0.3) is 0 Å². The number of thioether (sulfide) groups is 1. The maximum Gasteiger partial charge on any atom is 0.243 e. The van der Waals surface area contributed by atoms with E-state index in [1.807, 2.05) is 6.07 Å². The molecule has 1 aromatic carbocycles. The summed E-state index contributed by atoms with van der Waals surface area (Å²) in [6.45, 7) is -0.0302. The van der Waals surface area contributed by atoms with Crippen LogP contribution in [0.4, 0.5) is 5.69 Å². The van der Waals surface area contributed by atoms with Crippen molar-refractivity contribution in [3.63, 3.8) is 0 Å². The zero-order valence-corrected chi connectivity index (χ0v) is 10.3. The van der Waals surface area contributed by atoms with Crippen molar-refractivity contribution in [2.45, 2.75) is 0 Å². The largest absolute Gasteiger partial charge is 0.479 e. The van der Waals surface area contributed by atoms with Gasteiger partial charge in [-0.2, -0.15) is 5.26 Å². The van der Waals surface area contributed by atoms with E-state index in [0.29, 0.717) is 22.9 Å². The van der Waals surface area contributed by atoms with E-state index in [-0.39, 0.29) is 18.4 Å². The predicted molar refractivity (Wildman–Crippen MR) is 67.4 cm³/mol. The van der Waals surface area contributed by atoms with Crippen LogP contribution in [0.5, 0.6) is 5.75 Å². The van der Waals surface area contributed by atoms with Crippen molar-refractivity contribution in [2.75, 3.05) is 23.0 Å². The van der Waals surface area contributed by atoms with E-state index in [0.717, 1.165) is 0 Å². The summed E-state index contributed by atoms with van der Waals surface area (Å²) in [5.41, 5.74) is 0.537. The first kappa shape index (κ1) is 12.5. The lowest BCUT2D eigenvalue weighted by Gasteiger charge is -2.24. The third-order valence-electron chi connectivity index (χ3n) is 2.35. The Morgan fingerprint density at radius 2 is 1.83 bits per heavy atom. The molecule has 92 valence electrons. The third-order valence-corrected chi connectivity index (χ3v) is 3.25. The van der Waals surface area contributed by atoms with Gasteiger partial charge in [0.05, 0.1) is 17.2 Å². The van der Waals surface area contributed by atoms with Crippen LogP contribution >= 0.6 is 11.8 Å². The highest BCUT2D eigenvalue weighted by molar-refractivity contribution is 8.00. The Morgan fingerprint density at radius 1 is 1.22 bits per heavy atom. The van der Waals surface area contributed by atoms with Gasteiger partial charge in [0.2, 0.25) is 11.8 Å². The fourth-order valence-corrected chi connectivity index (χ4v) is 2.30. The van der Waals surface area contributed by atoms with Gasteiger partial charge in [-0.3, -0.25) is 9.59 Å². The van der Waals surface area contributed by atoms with Crippen LogP contribution in [0.25, 0.3) is 0 Å². The highest BCUT2D eigenvalue weighted by Crippen LogP contribution is 2.23. The minimum Gasteiger partial charge on any atom is -0.479 e. The molecule has 0 atom stereocenters. The molecule has 0 aliphatic carbocycles. The summed E-state index contributed by atoms with van der Waals surface area (Å²) < 4.78 is 5.10. The van der Waals surface area contributed by atoms with Crippen LogP contribution < -0.4 is 9.64 Å². The number of hydrogen-bond donors (Lipinski definition) is 0. The number of carbonyl (C=O) groups is 2. The summed E-state index contributed by atoms with van der Waals surface area (Å²) >= 11 is 1.32. The van der Waals surface area contributed by atoms with E-state index >= 15 is 0 Å². The standard InChI is InChI=1S/C12H10N2O3S/c13-5-6-17-10-3-1-9(2-4-10)14-11(15)7-18-8-12(14)16/h1-4H,6-8H2. The summed E-state index contributed by atoms with van der Waals surface area (Å²) in [6.07, 6.45) is 0. The van der Waals surface area contributed by atoms with E-state index in [2.05, 4.69) is 0 Å². The van der Waals surface area contributed by atoms with E-state index in [4.69, 9.17) is 10.00 Å². The Bertz CT molecular complexity index is 491. The normalized spacial score (nSPS) is 15.4. The SMILES string of the molecule is N#CCOc1ccc(N2C(=O)CSCC2=O)cc1. The summed E-state index contributed by atoms with van der Waals surface area (Å²) in [6, 6.07) is 8.41. The lowest BCUT2D eigenvalue weighted by Crippen LogP contribution is -2.43. The number of rotatable bonds is 3. The summed E-state index contributed by atoms with van der Waals surface area (Å²) in [7, 11) is 0. The average molecular weight is 262 g/mol. The van der Waals surface area contributed by atoms with Crippen molar-refractivity contribution in [3.8, 4) is 11.8 Å². The molecule has 1 aromatic rings. The second kappa shape index (κ2) is 5.56. The van der Waals surface area contributed by atoms with Crippen molar-refractivity contribution in [3.05, 3.63) is 24.3 Å². The van der Waals surface area contributed by atoms with E-state index in [1.165, 1.54) is 16.7 Å². The van der Waals surface area contributed by atoms with Gasteiger partial charge in [0, 0.05) is 0 Å². The Labute approximate surface area is 108 Å². The molecule has 0 spiro atoms. The van der Waals surface area contributed by atoms with Crippen molar-refractivity contribution in [1.29, 1.82) is 5.26 Å². The first-order valence-corrected chi connectivity index (χ1v) is 6.41. The zero-order chi connectivity index (χ0) is 13.0. The summed E-state index contributed by atoms with van der Waals surface area (Å²) in [5.74, 6) is 0.757. The van der Waals surface area contributed by atoms with E-state index < -0.39 is 0 Å². The minimum absolute atomic E-state index is 0.0302. The van der Waals surface area contributed by atoms with Crippen LogP contribution in [0.2, 0.25) is 0 Å². The molecule has 0 N–H and O–H groups in total. The van der Waals surface area contributed by atoms with Crippen LogP contribution in [0, 0.1) is 11.3 Å². The lowest BCUT2D eigenvalue weighted by atomic mass is 10.2. The van der Waals surface area contributed by atoms with Crippen LogP contribution in [-0.2, 0) is 9.59 Å². The summed E-state index contributed by atoms with van der Waals surface area (Å²) in [4.78, 5) is 24.5. The highest BCUT2D eigenvalue weighted by Gasteiger charge is 2.27. The molecule has 2 amide bonds. The van der Waals surface area contributed by atoms with Crippen LogP contribution in [-0.4, -0.2) is 29.9 Å². The number of nitriles is 1. The third kappa shape index (κ3) is 2.63. The molecule has 1 aliphatic rings. The van der Waals surface area contributed by atoms with E-state index in [1.54, 1.807) is 24.3 Å². The molecule has 1 saturated heterocycles. The number of anilines is 1. The smallest absolute Gasteiger partial charge is 0.243 e. The van der Waals surface area contributed by atoms with Crippen molar-refractivity contribution in [1.82, 2.24) is 0 Å². The van der Waals surface area contributed by atoms with Crippen LogP contribution in [0.15, 0.2) is 24.3 Å². The fraction of sp³-hybridized carbons (Fsp3) is 0.250. The van der Waals surface area contributed by atoms with Gasteiger partial charge in [-0.1, -0.05) is 0 Å². The van der Waals surface area contributed by atoms with Gasteiger partial charge in [-0.25, -0.2) is 4.90 Å². The maximum atomic E-state index is 11.7. The first-order valence-electron chi connectivity index (χ1n) is 5.25. The molecule has 0 aromatic heterocycles. The molecule has 2 rings (SSSR count). The lowest BCUT2D eigenvalue weighted by molar-refractivity contribution is -0.124. The van der Waals surface area contributed by atoms with Gasteiger partial charge < -0.3 is 4.74 Å². The molecule has 0 radical (unpaired) electrons. The number of imide groups is 1. The van der Waals surface area contributed by atoms with Gasteiger partial charge in [0.15, 0.2) is 6.61 Å². The molecular weight excluding hydrogens is 252 g/mol. The second-order valence-electron chi connectivity index (χ2n) is 3.56. The topological polar surface area (TPSA) is 70.4 Å². The molecule has 18 heavy (non-hydrogen) atoms. The molecule has 0 saturated carbocycles. The van der Waals surface area contributed by atoms with Crippen molar-refractivity contribution in [2.24, 2.45) is 0 Å². The highest BCUT2D eigenvalue weighted by atomic mass is 32.2. The molecule has 5 nitrogen and oxygen atoms in total. The number of ether oxygens (including phenoxy) is 1. The minimum atomic E-state index is -0.207. The van der Waals surface area contributed by atoms with Crippen molar-refractivity contribution >= 4 is 29.3 Å². The number of nitrogens with zero attached hydrogens (tertiary/aromatic N) is 2.